The van der Waals surface area contributed by atoms with Crippen LogP contribution in [0.5, 0.6) is 0 Å². The van der Waals surface area contributed by atoms with Crippen molar-refractivity contribution < 1.29 is 8.42 Å². The fourth-order valence-electron chi connectivity index (χ4n) is 1.78. The van der Waals surface area contributed by atoms with E-state index in [9.17, 15) is 8.42 Å². The van der Waals surface area contributed by atoms with Crippen molar-refractivity contribution >= 4 is 10.0 Å². The highest BCUT2D eigenvalue weighted by atomic mass is 32.2. The van der Waals surface area contributed by atoms with Crippen molar-refractivity contribution in [2.75, 3.05) is 6.54 Å². The molecule has 108 valence electrons. The summed E-state index contributed by atoms with van der Waals surface area (Å²) in [5.41, 5.74) is 6.53. The molecule has 0 amide bonds. The third-order valence-corrected chi connectivity index (χ3v) is 4.30. The van der Waals surface area contributed by atoms with Crippen LogP contribution in [0.15, 0.2) is 41.6 Å². The molecule has 1 aromatic carbocycles. The normalized spacial score (nSPS) is 11.7. The largest absolute Gasteiger partial charge is 0.347 e. The highest BCUT2D eigenvalue weighted by Crippen LogP contribution is 2.12. The Morgan fingerprint density at radius 2 is 2.00 bits per heavy atom. The summed E-state index contributed by atoms with van der Waals surface area (Å²) in [6.07, 6.45) is 4.98. The first-order chi connectivity index (χ1) is 9.62. The van der Waals surface area contributed by atoms with Crippen LogP contribution < -0.4 is 10.5 Å². The molecular formula is C13H18N4O2S. The first-order valence-electron chi connectivity index (χ1n) is 6.39. The summed E-state index contributed by atoms with van der Waals surface area (Å²) >= 11 is 0. The molecule has 0 aliphatic rings. The summed E-state index contributed by atoms with van der Waals surface area (Å²) in [5, 5.41) is 0. The van der Waals surface area contributed by atoms with Crippen molar-refractivity contribution in [1.82, 2.24) is 14.7 Å². The van der Waals surface area contributed by atoms with E-state index in [-0.39, 0.29) is 11.4 Å². The van der Waals surface area contributed by atoms with Gasteiger partial charge in [0.1, 0.15) is 5.82 Å². The number of sulfonamides is 1. The zero-order valence-corrected chi connectivity index (χ0v) is 11.9. The van der Waals surface area contributed by atoms with Crippen molar-refractivity contribution in [2.24, 2.45) is 5.73 Å². The lowest BCUT2D eigenvalue weighted by Crippen LogP contribution is -2.23. The van der Waals surface area contributed by atoms with Gasteiger partial charge in [-0.05, 0) is 37.1 Å². The smallest absolute Gasteiger partial charge is 0.240 e. The van der Waals surface area contributed by atoms with Crippen LogP contribution in [0.2, 0.25) is 0 Å². The zero-order chi connectivity index (χ0) is 14.4. The van der Waals surface area contributed by atoms with Gasteiger partial charge in [0.25, 0.3) is 0 Å². The van der Waals surface area contributed by atoms with Crippen LogP contribution in [0.1, 0.15) is 17.8 Å². The summed E-state index contributed by atoms with van der Waals surface area (Å²) in [6.45, 7) is 0.773. The lowest BCUT2D eigenvalue weighted by molar-refractivity contribution is 0.579. The van der Waals surface area contributed by atoms with Gasteiger partial charge in [0.2, 0.25) is 10.0 Å². The average Bonchev–Trinajstić information content (AvgIpc) is 2.97. The van der Waals surface area contributed by atoms with Gasteiger partial charge in [-0.1, -0.05) is 12.1 Å². The van der Waals surface area contributed by atoms with Crippen molar-refractivity contribution in [3.63, 3.8) is 0 Å². The quantitative estimate of drug-likeness (QED) is 0.702. The highest BCUT2D eigenvalue weighted by Gasteiger charge is 2.13. The van der Waals surface area contributed by atoms with Gasteiger partial charge >= 0.3 is 0 Å². The Morgan fingerprint density at radius 3 is 2.60 bits per heavy atom. The third-order valence-electron chi connectivity index (χ3n) is 2.89. The summed E-state index contributed by atoms with van der Waals surface area (Å²) in [4.78, 5) is 7.06. The molecule has 7 heteroatoms. The maximum Gasteiger partial charge on any atom is 0.240 e. The van der Waals surface area contributed by atoms with Gasteiger partial charge in [-0.3, -0.25) is 0 Å². The van der Waals surface area contributed by atoms with Crippen LogP contribution in [0.4, 0.5) is 0 Å². The van der Waals surface area contributed by atoms with Gasteiger partial charge in [-0.2, -0.15) is 0 Å². The number of imidazole rings is 1. The topological polar surface area (TPSA) is 101 Å². The number of nitrogens with zero attached hydrogens (tertiary/aromatic N) is 1. The van der Waals surface area contributed by atoms with Crippen LogP contribution in [0.25, 0.3) is 0 Å². The summed E-state index contributed by atoms with van der Waals surface area (Å²) in [6, 6.07) is 6.85. The van der Waals surface area contributed by atoms with Gasteiger partial charge in [0.05, 0.1) is 11.4 Å². The minimum absolute atomic E-state index is 0.143. The van der Waals surface area contributed by atoms with Crippen LogP contribution in [0, 0.1) is 0 Å². The molecule has 0 unspecified atom stereocenters. The first kappa shape index (κ1) is 14.7. The lowest BCUT2D eigenvalue weighted by atomic mass is 10.1. The molecule has 1 aromatic heterocycles. The number of aromatic amines is 1. The van der Waals surface area contributed by atoms with E-state index in [1.54, 1.807) is 24.5 Å². The van der Waals surface area contributed by atoms with Crippen molar-refractivity contribution in [1.29, 1.82) is 0 Å². The van der Waals surface area contributed by atoms with Crippen LogP contribution >= 0.6 is 0 Å². The summed E-state index contributed by atoms with van der Waals surface area (Å²) in [7, 11) is -3.51. The molecule has 0 radical (unpaired) electrons. The molecule has 0 spiro atoms. The fourth-order valence-corrected chi connectivity index (χ4v) is 2.77. The summed E-state index contributed by atoms with van der Waals surface area (Å²) in [5.74, 6) is 0.577. The molecule has 6 nitrogen and oxygen atoms in total. The second kappa shape index (κ2) is 6.65. The van der Waals surface area contributed by atoms with E-state index in [2.05, 4.69) is 14.7 Å². The lowest BCUT2D eigenvalue weighted by Gasteiger charge is -2.06. The molecule has 0 bridgehead atoms. The molecule has 4 N–H and O–H groups in total. The number of rotatable bonds is 7. The average molecular weight is 294 g/mol. The number of aryl methyl sites for hydroxylation is 1. The van der Waals surface area contributed by atoms with Crippen molar-refractivity contribution in [3.05, 3.63) is 48.0 Å². The van der Waals surface area contributed by atoms with Crippen molar-refractivity contribution in [2.45, 2.75) is 24.3 Å². The minimum Gasteiger partial charge on any atom is -0.347 e. The molecule has 0 atom stereocenters. The first-order valence-corrected chi connectivity index (χ1v) is 7.87. The fraction of sp³-hybridized carbons (Fsp3) is 0.308. The molecule has 0 aliphatic heterocycles. The molecule has 20 heavy (non-hydrogen) atoms. The molecule has 0 fully saturated rings. The predicted molar refractivity (Wildman–Crippen MR) is 76.4 cm³/mol. The molecule has 2 aromatic rings. The van der Waals surface area contributed by atoms with E-state index in [4.69, 9.17) is 5.73 Å². The number of hydrogen-bond acceptors (Lipinski definition) is 4. The zero-order valence-electron chi connectivity index (χ0n) is 11.0. The number of aromatic nitrogens is 2. The van der Waals surface area contributed by atoms with Gasteiger partial charge < -0.3 is 10.7 Å². The number of nitrogens with one attached hydrogen (secondary N) is 2. The van der Waals surface area contributed by atoms with Crippen molar-refractivity contribution in [3.8, 4) is 0 Å². The van der Waals surface area contributed by atoms with Gasteiger partial charge in [-0.25, -0.2) is 18.1 Å². The van der Waals surface area contributed by atoms with Gasteiger partial charge in [-0.15, -0.1) is 0 Å². The van der Waals surface area contributed by atoms with E-state index in [0.717, 1.165) is 18.4 Å². The third kappa shape index (κ3) is 3.89. The second-order valence-electron chi connectivity index (χ2n) is 4.40. The van der Waals surface area contributed by atoms with Gasteiger partial charge in [0.15, 0.2) is 0 Å². The maximum absolute atomic E-state index is 12.1. The monoisotopic (exact) mass is 294 g/mol. The predicted octanol–water partition coefficient (Wildman–Crippen LogP) is 0.779. The minimum atomic E-state index is -3.51. The molecule has 2 rings (SSSR count). The SMILES string of the molecule is NCCCc1ccc(S(=O)(=O)NCc2ncc[nH]2)cc1. The molecule has 0 saturated carbocycles. The Morgan fingerprint density at radius 1 is 1.25 bits per heavy atom. The molecule has 1 heterocycles. The Kier molecular flexibility index (Phi) is 4.89. The standard InChI is InChI=1S/C13H18N4O2S/c14-7-1-2-11-3-5-12(6-4-11)20(18,19)17-10-13-15-8-9-16-13/h3-6,8-9,17H,1-2,7,10,14H2,(H,15,16). The number of benzene rings is 1. The summed E-state index contributed by atoms with van der Waals surface area (Å²) < 4.78 is 26.7. The highest BCUT2D eigenvalue weighted by molar-refractivity contribution is 7.89. The Balaban J connectivity index is 2.01. The van der Waals surface area contributed by atoms with E-state index < -0.39 is 10.0 Å². The van der Waals surface area contributed by atoms with Crippen LogP contribution in [-0.4, -0.2) is 24.9 Å². The van der Waals surface area contributed by atoms with Gasteiger partial charge in [0, 0.05) is 12.4 Å². The molecule has 0 aliphatic carbocycles. The number of nitrogens with two attached hydrogens (primary N) is 1. The Bertz CT molecular complexity index is 621. The second-order valence-corrected chi connectivity index (χ2v) is 6.16. The van der Waals surface area contributed by atoms with E-state index >= 15 is 0 Å². The van der Waals surface area contributed by atoms with Crippen LogP contribution in [-0.2, 0) is 23.0 Å². The Hall–Kier alpha value is -1.70. The van der Waals surface area contributed by atoms with E-state index in [0.29, 0.717) is 12.4 Å². The molecule has 0 saturated heterocycles. The van der Waals surface area contributed by atoms with E-state index in [1.807, 2.05) is 12.1 Å². The number of hydrogen-bond donors (Lipinski definition) is 3. The molecular weight excluding hydrogens is 276 g/mol. The number of H-pyrrole nitrogens is 1. The maximum atomic E-state index is 12.1. The Labute approximate surface area is 118 Å². The van der Waals surface area contributed by atoms with E-state index in [1.165, 1.54) is 0 Å². The van der Waals surface area contributed by atoms with Crippen LogP contribution in [0.3, 0.4) is 0 Å².